The van der Waals surface area contributed by atoms with Crippen LogP contribution in [0.2, 0.25) is 0 Å². The Kier molecular flexibility index (Phi) is 3.45. The molecule has 4 unspecified atom stereocenters. The zero-order valence-electron chi connectivity index (χ0n) is 10.2. The van der Waals surface area contributed by atoms with Gasteiger partial charge in [-0.1, -0.05) is 6.92 Å². The highest BCUT2D eigenvalue weighted by Crippen LogP contribution is 2.61. The average Bonchev–Trinajstić information content (AvgIpc) is 2.89. The number of hydrogen-bond donors (Lipinski definition) is 3. The van der Waals surface area contributed by atoms with Crippen molar-refractivity contribution in [1.82, 2.24) is 0 Å². The highest BCUT2D eigenvalue weighted by molar-refractivity contribution is 8.00. The van der Waals surface area contributed by atoms with E-state index in [9.17, 15) is 15.0 Å². The summed E-state index contributed by atoms with van der Waals surface area (Å²) in [6, 6.07) is 0. The van der Waals surface area contributed by atoms with Gasteiger partial charge in [0.25, 0.3) is 0 Å². The molecule has 2 fully saturated rings. The minimum atomic E-state index is -1.09. The van der Waals surface area contributed by atoms with Crippen LogP contribution in [0.1, 0.15) is 26.2 Å². The van der Waals surface area contributed by atoms with Crippen LogP contribution in [-0.4, -0.2) is 44.5 Å². The van der Waals surface area contributed by atoms with E-state index in [1.807, 2.05) is 0 Å². The first-order valence-corrected chi connectivity index (χ1v) is 7.29. The summed E-state index contributed by atoms with van der Waals surface area (Å²) in [5.74, 6) is -1.28. The van der Waals surface area contributed by atoms with Crippen LogP contribution in [0, 0.1) is 17.8 Å². The molecular weight excluding hydrogens is 240 g/mol. The van der Waals surface area contributed by atoms with Crippen molar-refractivity contribution in [1.29, 1.82) is 0 Å². The Morgan fingerprint density at radius 1 is 1.29 bits per heavy atom. The SMILES string of the molecule is CSC1(C2CC(O)C(C(=O)O)C(O)C2)CC1C. The minimum Gasteiger partial charge on any atom is -0.481 e. The third kappa shape index (κ3) is 2.09. The third-order valence-electron chi connectivity index (χ3n) is 4.54. The fraction of sp³-hybridized carbons (Fsp3) is 0.917. The lowest BCUT2D eigenvalue weighted by molar-refractivity contribution is -0.156. The molecule has 0 aromatic heterocycles. The standard InChI is InChI=1S/C12H20O4S/c1-6-5-12(6,17-2)7-3-8(13)10(11(15)16)9(14)4-7/h6-10,13-14H,3-5H2,1-2H3,(H,15,16). The molecule has 0 heterocycles. The summed E-state index contributed by atoms with van der Waals surface area (Å²) < 4.78 is 0.158. The van der Waals surface area contributed by atoms with E-state index in [4.69, 9.17) is 5.11 Å². The number of aliphatic hydroxyl groups is 2. The highest BCUT2D eigenvalue weighted by Gasteiger charge is 2.58. The smallest absolute Gasteiger partial charge is 0.311 e. The quantitative estimate of drug-likeness (QED) is 0.704. The van der Waals surface area contributed by atoms with Crippen molar-refractivity contribution in [3.63, 3.8) is 0 Å². The van der Waals surface area contributed by atoms with Gasteiger partial charge in [-0.25, -0.2) is 0 Å². The molecule has 0 spiro atoms. The molecule has 98 valence electrons. The van der Waals surface area contributed by atoms with Gasteiger partial charge in [0.2, 0.25) is 0 Å². The molecule has 4 atom stereocenters. The van der Waals surface area contributed by atoms with Crippen LogP contribution in [-0.2, 0) is 4.79 Å². The lowest BCUT2D eigenvalue weighted by Gasteiger charge is -2.38. The fourth-order valence-electron chi connectivity index (χ4n) is 3.40. The Morgan fingerprint density at radius 2 is 1.76 bits per heavy atom. The van der Waals surface area contributed by atoms with Gasteiger partial charge in [0.05, 0.1) is 12.2 Å². The summed E-state index contributed by atoms with van der Waals surface area (Å²) in [4.78, 5) is 11.0. The predicted molar refractivity (Wildman–Crippen MR) is 65.9 cm³/mol. The summed E-state index contributed by atoms with van der Waals surface area (Å²) in [6.07, 6.45) is 2.33. The zero-order valence-corrected chi connectivity index (χ0v) is 11.0. The van der Waals surface area contributed by atoms with Gasteiger partial charge in [0, 0.05) is 4.75 Å². The van der Waals surface area contributed by atoms with Gasteiger partial charge in [-0.3, -0.25) is 4.79 Å². The van der Waals surface area contributed by atoms with Crippen LogP contribution in [0.25, 0.3) is 0 Å². The topological polar surface area (TPSA) is 77.8 Å². The summed E-state index contributed by atoms with van der Waals surface area (Å²) in [5, 5.41) is 28.8. The number of thioether (sulfide) groups is 1. The molecule has 0 aromatic rings. The van der Waals surface area contributed by atoms with Crippen molar-refractivity contribution < 1.29 is 20.1 Å². The summed E-state index contributed by atoms with van der Waals surface area (Å²) in [6.45, 7) is 2.18. The molecule has 0 saturated heterocycles. The van der Waals surface area contributed by atoms with Crippen molar-refractivity contribution in [3.05, 3.63) is 0 Å². The monoisotopic (exact) mass is 260 g/mol. The van der Waals surface area contributed by atoms with E-state index >= 15 is 0 Å². The predicted octanol–water partition coefficient (Wildman–Crippen LogP) is 0.961. The molecule has 2 aliphatic rings. The van der Waals surface area contributed by atoms with Gasteiger partial charge in [-0.15, -0.1) is 0 Å². The number of hydrogen-bond acceptors (Lipinski definition) is 4. The van der Waals surface area contributed by atoms with Crippen molar-refractivity contribution in [2.45, 2.75) is 43.1 Å². The molecule has 0 aliphatic heterocycles. The van der Waals surface area contributed by atoms with Crippen LogP contribution in [0.5, 0.6) is 0 Å². The zero-order chi connectivity index (χ0) is 12.8. The first kappa shape index (κ1) is 13.2. The van der Waals surface area contributed by atoms with Crippen molar-refractivity contribution in [2.75, 3.05) is 6.26 Å². The maximum atomic E-state index is 11.0. The summed E-state index contributed by atoms with van der Waals surface area (Å²) >= 11 is 1.80. The van der Waals surface area contributed by atoms with E-state index in [-0.39, 0.29) is 10.7 Å². The number of rotatable bonds is 3. The molecule has 2 saturated carbocycles. The van der Waals surface area contributed by atoms with Crippen molar-refractivity contribution >= 4 is 17.7 Å². The Hall–Kier alpha value is -0.260. The van der Waals surface area contributed by atoms with Gasteiger partial charge < -0.3 is 15.3 Å². The van der Waals surface area contributed by atoms with Gasteiger partial charge in [-0.05, 0) is 37.4 Å². The van der Waals surface area contributed by atoms with Gasteiger partial charge in [-0.2, -0.15) is 11.8 Å². The number of carbonyl (C=O) groups is 1. The second-order valence-corrected chi connectivity index (χ2v) is 6.60. The number of carboxylic acid groups (broad SMARTS) is 1. The van der Waals surface area contributed by atoms with Crippen LogP contribution in [0.4, 0.5) is 0 Å². The van der Waals surface area contributed by atoms with Crippen LogP contribution in [0.15, 0.2) is 0 Å². The molecule has 17 heavy (non-hydrogen) atoms. The van der Waals surface area contributed by atoms with E-state index in [1.165, 1.54) is 0 Å². The molecule has 2 aliphatic carbocycles. The van der Waals surface area contributed by atoms with E-state index in [1.54, 1.807) is 11.8 Å². The summed E-state index contributed by atoms with van der Waals surface area (Å²) in [5.41, 5.74) is 0. The van der Waals surface area contributed by atoms with Crippen LogP contribution >= 0.6 is 11.8 Å². The van der Waals surface area contributed by atoms with E-state index < -0.39 is 24.1 Å². The second-order valence-electron chi connectivity index (χ2n) is 5.43. The maximum Gasteiger partial charge on any atom is 0.311 e. The number of carboxylic acids is 1. The molecular formula is C12H20O4S. The van der Waals surface area contributed by atoms with E-state index in [2.05, 4.69) is 13.2 Å². The first-order chi connectivity index (χ1) is 7.92. The number of aliphatic hydroxyl groups excluding tert-OH is 2. The fourth-order valence-corrected chi connectivity index (χ4v) is 4.74. The molecule has 2 rings (SSSR count). The van der Waals surface area contributed by atoms with Crippen LogP contribution < -0.4 is 0 Å². The Labute approximate surface area is 105 Å². The Bertz CT molecular complexity index is 306. The highest BCUT2D eigenvalue weighted by atomic mass is 32.2. The Morgan fingerprint density at radius 3 is 2.06 bits per heavy atom. The molecule has 0 bridgehead atoms. The van der Waals surface area contributed by atoms with Gasteiger partial charge >= 0.3 is 5.97 Å². The third-order valence-corrected chi connectivity index (χ3v) is 6.20. The van der Waals surface area contributed by atoms with E-state index in [0.29, 0.717) is 18.8 Å². The largest absolute Gasteiger partial charge is 0.481 e. The van der Waals surface area contributed by atoms with E-state index in [0.717, 1.165) is 6.42 Å². The van der Waals surface area contributed by atoms with Crippen molar-refractivity contribution in [2.24, 2.45) is 17.8 Å². The average molecular weight is 260 g/mol. The molecule has 0 radical (unpaired) electrons. The van der Waals surface area contributed by atoms with Crippen molar-refractivity contribution in [3.8, 4) is 0 Å². The van der Waals surface area contributed by atoms with Gasteiger partial charge in [0.1, 0.15) is 5.92 Å². The molecule has 0 amide bonds. The lowest BCUT2D eigenvalue weighted by atomic mass is 9.75. The Balaban J connectivity index is 2.09. The summed E-state index contributed by atoms with van der Waals surface area (Å²) in [7, 11) is 0. The van der Waals surface area contributed by atoms with Gasteiger partial charge in [0.15, 0.2) is 0 Å². The maximum absolute atomic E-state index is 11.0. The molecule has 5 heteroatoms. The normalized spacial score (nSPS) is 50.0. The van der Waals surface area contributed by atoms with Crippen LogP contribution in [0.3, 0.4) is 0 Å². The lowest BCUT2D eigenvalue weighted by Crippen LogP contribution is -2.47. The second kappa shape index (κ2) is 4.44. The molecule has 4 nitrogen and oxygen atoms in total. The first-order valence-electron chi connectivity index (χ1n) is 6.06. The minimum absolute atomic E-state index is 0.158. The number of aliphatic carboxylic acids is 1. The molecule has 0 aromatic carbocycles. The molecule has 3 N–H and O–H groups in total.